The van der Waals surface area contributed by atoms with Crippen LogP contribution in [-0.2, 0) is 14.8 Å². The van der Waals surface area contributed by atoms with Crippen molar-refractivity contribution in [1.82, 2.24) is 14.9 Å². The van der Waals surface area contributed by atoms with E-state index >= 15 is 0 Å². The normalized spacial score (nSPS) is 19.4. The molecule has 2 N–H and O–H groups in total. The highest BCUT2D eigenvalue weighted by Crippen LogP contribution is 2.25. The van der Waals surface area contributed by atoms with E-state index in [4.69, 9.17) is 4.74 Å². The van der Waals surface area contributed by atoms with Gasteiger partial charge in [0.2, 0.25) is 10.0 Å². The molecule has 2 aromatic rings. The number of sulfonamides is 1. The van der Waals surface area contributed by atoms with Gasteiger partial charge in [-0.15, -0.1) is 24.0 Å². The Kier molecular flexibility index (Phi) is 9.86. The number of guanidine groups is 1. The average molecular weight is 576 g/mol. The Morgan fingerprint density at radius 1 is 1.12 bits per heavy atom. The minimum Gasteiger partial charge on any atom is -0.367 e. The number of morpholine rings is 1. The molecule has 0 saturated carbocycles. The van der Waals surface area contributed by atoms with Gasteiger partial charge in [0.05, 0.1) is 17.5 Å². The fourth-order valence-corrected chi connectivity index (χ4v) is 4.51. The molecule has 2 unspecified atom stereocenters. The fourth-order valence-electron chi connectivity index (χ4n) is 3.48. The van der Waals surface area contributed by atoms with E-state index in [1.165, 1.54) is 12.1 Å². The minimum absolute atomic E-state index is 0. The molecule has 1 saturated heterocycles. The Morgan fingerprint density at radius 2 is 1.78 bits per heavy atom. The van der Waals surface area contributed by atoms with E-state index in [9.17, 15) is 12.8 Å². The van der Waals surface area contributed by atoms with Crippen molar-refractivity contribution in [3.8, 4) is 0 Å². The van der Waals surface area contributed by atoms with Crippen LogP contribution in [-0.4, -0.2) is 58.6 Å². The summed E-state index contributed by atoms with van der Waals surface area (Å²) in [4.78, 5) is 6.64. The predicted octanol–water partition coefficient (Wildman–Crippen LogP) is 3.07. The molecule has 0 amide bonds. The Balaban J connectivity index is 0.00000363. The second kappa shape index (κ2) is 11.9. The summed E-state index contributed by atoms with van der Waals surface area (Å²) in [6.45, 7) is 5.69. The van der Waals surface area contributed by atoms with Crippen LogP contribution < -0.4 is 10.0 Å². The first-order valence-corrected chi connectivity index (χ1v) is 11.7. The van der Waals surface area contributed by atoms with Crippen molar-refractivity contribution in [2.75, 3.05) is 33.2 Å². The number of aliphatic imine (C=N–C) groups is 1. The molecule has 7 nitrogen and oxygen atoms in total. The van der Waals surface area contributed by atoms with Gasteiger partial charge in [-0.25, -0.2) is 17.5 Å². The fraction of sp³-hybridized carbons (Fsp3) is 0.409. The predicted molar refractivity (Wildman–Crippen MR) is 134 cm³/mol. The second-order valence-corrected chi connectivity index (χ2v) is 9.34. The molecule has 0 spiro atoms. The molecule has 3 rings (SSSR count). The van der Waals surface area contributed by atoms with Crippen LogP contribution in [0.25, 0.3) is 0 Å². The van der Waals surface area contributed by atoms with Crippen molar-refractivity contribution in [3.05, 3.63) is 65.5 Å². The van der Waals surface area contributed by atoms with Crippen LogP contribution in [0.4, 0.5) is 4.39 Å². The van der Waals surface area contributed by atoms with E-state index in [1.54, 1.807) is 43.4 Å². The second-order valence-electron chi connectivity index (χ2n) is 7.58. The maximum Gasteiger partial charge on any atom is 0.240 e. The monoisotopic (exact) mass is 576 g/mol. The van der Waals surface area contributed by atoms with Gasteiger partial charge in [0.1, 0.15) is 11.9 Å². The number of aryl methyl sites for hydroxylation is 1. The number of halogens is 2. The quantitative estimate of drug-likeness (QED) is 0.239. The first-order valence-electron chi connectivity index (χ1n) is 10.2. The zero-order chi connectivity index (χ0) is 22.4. The summed E-state index contributed by atoms with van der Waals surface area (Å²) in [6, 6.07) is 13.0. The summed E-state index contributed by atoms with van der Waals surface area (Å²) in [6.07, 6.45) is -0.245. The van der Waals surface area contributed by atoms with E-state index in [0.29, 0.717) is 25.6 Å². The van der Waals surface area contributed by atoms with Gasteiger partial charge in [0.15, 0.2) is 5.96 Å². The van der Waals surface area contributed by atoms with Crippen molar-refractivity contribution in [1.29, 1.82) is 0 Å². The molecule has 2 atom stereocenters. The van der Waals surface area contributed by atoms with Gasteiger partial charge in [0, 0.05) is 26.7 Å². The molecule has 0 aromatic heterocycles. The van der Waals surface area contributed by atoms with Crippen molar-refractivity contribution in [2.24, 2.45) is 4.99 Å². The van der Waals surface area contributed by atoms with Crippen LogP contribution >= 0.6 is 24.0 Å². The maximum atomic E-state index is 13.2. The standard InChI is InChI=1S/C22H29FN4O3S.HI/c1-16-4-10-20(11-5-16)31(28,29)26-13-12-25-22(24-3)27-14-17(2)30-21(15-27)18-6-8-19(23)9-7-18;/h4-11,17,21,26H,12-15H2,1-3H3,(H,24,25);1H. The molecule has 0 radical (unpaired) electrons. The smallest absolute Gasteiger partial charge is 0.240 e. The summed E-state index contributed by atoms with van der Waals surface area (Å²) in [5.74, 6) is 0.381. The van der Waals surface area contributed by atoms with Gasteiger partial charge >= 0.3 is 0 Å². The number of rotatable bonds is 6. The molecule has 1 heterocycles. The highest BCUT2D eigenvalue weighted by molar-refractivity contribution is 14.0. The Bertz CT molecular complexity index is 1000. The van der Waals surface area contributed by atoms with E-state index in [1.807, 2.05) is 13.8 Å². The number of hydrogen-bond donors (Lipinski definition) is 2. The number of benzene rings is 2. The summed E-state index contributed by atoms with van der Waals surface area (Å²) in [5, 5.41) is 3.21. The SMILES string of the molecule is CN=C(NCCNS(=O)(=O)c1ccc(C)cc1)N1CC(C)OC(c2ccc(F)cc2)C1.I. The number of hydrogen-bond acceptors (Lipinski definition) is 4. The van der Waals surface area contributed by atoms with E-state index < -0.39 is 10.0 Å². The first-order chi connectivity index (χ1) is 14.8. The van der Waals surface area contributed by atoms with Crippen molar-refractivity contribution < 1.29 is 17.5 Å². The zero-order valence-electron chi connectivity index (χ0n) is 18.4. The van der Waals surface area contributed by atoms with Gasteiger partial charge < -0.3 is 15.0 Å². The van der Waals surface area contributed by atoms with Crippen LogP contribution in [0.1, 0.15) is 24.2 Å². The number of nitrogens with zero attached hydrogens (tertiary/aromatic N) is 2. The highest BCUT2D eigenvalue weighted by Gasteiger charge is 2.28. The lowest BCUT2D eigenvalue weighted by molar-refractivity contribution is -0.0604. The van der Waals surface area contributed by atoms with Gasteiger partial charge in [-0.3, -0.25) is 4.99 Å². The van der Waals surface area contributed by atoms with Crippen molar-refractivity contribution in [2.45, 2.75) is 31.0 Å². The lowest BCUT2D eigenvalue weighted by Gasteiger charge is -2.38. The molecule has 1 aliphatic rings. The Labute approximate surface area is 206 Å². The van der Waals surface area contributed by atoms with E-state index in [2.05, 4.69) is 19.9 Å². The van der Waals surface area contributed by atoms with Crippen LogP contribution in [0.5, 0.6) is 0 Å². The number of ether oxygens (including phenoxy) is 1. The van der Waals surface area contributed by atoms with Gasteiger partial charge in [-0.1, -0.05) is 29.8 Å². The van der Waals surface area contributed by atoms with Crippen molar-refractivity contribution >= 4 is 40.0 Å². The van der Waals surface area contributed by atoms with Crippen LogP contribution in [0.3, 0.4) is 0 Å². The third kappa shape index (κ3) is 7.12. The maximum absolute atomic E-state index is 13.2. The summed E-state index contributed by atoms with van der Waals surface area (Å²) in [5.41, 5.74) is 1.90. The molecular formula is C22H30FIN4O3S. The highest BCUT2D eigenvalue weighted by atomic mass is 127. The van der Waals surface area contributed by atoms with Crippen LogP contribution in [0.15, 0.2) is 58.4 Å². The average Bonchev–Trinajstić information content (AvgIpc) is 2.74. The molecule has 10 heteroatoms. The molecular weight excluding hydrogens is 546 g/mol. The van der Waals surface area contributed by atoms with Crippen LogP contribution in [0, 0.1) is 12.7 Å². The zero-order valence-corrected chi connectivity index (χ0v) is 21.6. The summed E-state index contributed by atoms with van der Waals surface area (Å²) < 4.78 is 46.7. The Morgan fingerprint density at radius 3 is 2.41 bits per heavy atom. The topological polar surface area (TPSA) is 83.0 Å². The van der Waals surface area contributed by atoms with Gasteiger partial charge in [-0.2, -0.15) is 0 Å². The summed E-state index contributed by atoms with van der Waals surface area (Å²) in [7, 11) is -1.87. The molecule has 1 aliphatic heterocycles. The van der Waals surface area contributed by atoms with Crippen molar-refractivity contribution in [3.63, 3.8) is 0 Å². The largest absolute Gasteiger partial charge is 0.367 e. The van der Waals surface area contributed by atoms with Gasteiger partial charge in [-0.05, 0) is 43.7 Å². The third-order valence-corrected chi connectivity index (χ3v) is 6.52. The lowest BCUT2D eigenvalue weighted by Crippen LogP contribution is -2.51. The molecule has 176 valence electrons. The number of nitrogens with one attached hydrogen (secondary N) is 2. The molecule has 32 heavy (non-hydrogen) atoms. The van der Waals surface area contributed by atoms with E-state index in [0.717, 1.165) is 11.1 Å². The lowest BCUT2D eigenvalue weighted by atomic mass is 10.1. The molecule has 2 aromatic carbocycles. The molecule has 0 aliphatic carbocycles. The van der Waals surface area contributed by atoms with Crippen LogP contribution in [0.2, 0.25) is 0 Å². The summed E-state index contributed by atoms with van der Waals surface area (Å²) >= 11 is 0. The van der Waals surface area contributed by atoms with Gasteiger partial charge in [0.25, 0.3) is 0 Å². The third-order valence-electron chi connectivity index (χ3n) is 5.04. The minimum atomic E-state index is -3.56. The van der Waals surface area contributed by atoms with E-state index in [-0.39, 0.29) is 53.4 Å². The first kappa shape index (κ1) is 26.5. The Hall–Kier alpha value is -1.76. The molecule has 0 bridgehead atoms. The molecule has 1 fully saturated rings.